The third-order valence-corrected chi connectivity index (χ3v) is 5.47. The number of nitrogens with one attached hydrogen (secondary N) is 1. The lowest BCUT2D eigenvalue weighted by Gasteiger charge is -2.32. The molecule has 1 heterocycles. The van der Waals surface area contributed by atoms with Gasteiger partial charge in [-0.15, -0.1) is 0 Å². The van der Waals surface area contributed by atoms with Crippen LogP contribution in [0, 0.1) is 5.92 Å². The van der Waals surface area contributed by atoms with E-state index in [1.165, 1.54) is 6.07 Å². The summed E-state index contributed by atoms with van der Waals surface area (Å²) in [5.41, 5.74) is 0.110. The Hall–Kier alpha value is -1.76. The van der Waals surface area contributed by atoms with Crippen molar-refractivity contribution in [3.8, 4) is 0 Å². The van der Waals surface area contributed by atoms with E-state index in [4.69, 9.17) is 23.2 Å². The highest BCUT2D eigenvalue weighted by Crippen LogP contribution is 2.36. The molecule has 28 heavy (non-hydrogen) atoms. The van der Waals surface area contributed by atoms with Crippen molar-refractivity contribution in [2.75, 3.05) is 18.4 Å². The van der Waals surface area contributed by atoms with Crippen LogP contribution in [0.3, 0.4) is 0 Å². The van der Waals surface area contributed by atoms with Crippen LogP contribution < -0.4 is 5.32 Å². The first-order chi connectivity index (χ1) is 13.2. The molecule has 1 atom stereocenters. The lowest BCUT2D eigenvalue weighted by molar-refractivity contribution is -0.137. The summed E-state index contributed by atoms with van der Waals surface area (Å²) in [6.07, 6.45) is -3.06. The zero-order chi connectivity index (χ0) is 20.3. The Morgan fingerprint density at radius 1 is 1.14 bits per heavy atom. The highest BCUT2D eigenvalue weighted by atomic mass is 35.5. The molecule has 0 radical (unpaired) electrons. The fourth-order valence-corrected chi connectivity index (χ4v) is 3.77. The molecular weight excluding hydrogens is 412 g/mol. The zero-order valence-electron chi connectivity index (χ0n) is 14.9. The van der Waals surface area contributed by atoms with Gasteiger partial charge in [0.05, 0.1) is 16.5 Å². The predicted molar refractivity (Wildman–Crippen MR) is 105 cm³/mol. The second kappa shape index (κ2) is 8.72. The summed E-state index contributed by atoms with van der Waals surface area (Å²) in [4.78, 5) is 14.7. The van der Waals surface area contributed by atoms with E-state index in [9.17, 15) is 18.0 Å². The van der Waals surface area contributed by atoms with E-state index < -0.39 is 16.8 Å². The predicted octanol–water partition coefficient (Wildman–Crippen LogP) is 5.86. The van der Waals surface area contributed by atoms with Gasteiger partial charge in [-0.1, -0.05) is 41.4 Å². The van der Waals surface area contributed by atoms with Gasteiger partial charge in [-0.2, -0.15) is 13.2 Å². The van der Waals surface area contributed by atoms with Crippen molar-refractivity contribution in [3.05, 3.63) is 63.6 Å². The number of carbonyl (C=O) groups is 1. The fraction of sp³-hybridized carbons (Fsp3) is 0.350. The Labute approximate surface area is 171 Å². The maximum Gasteiger partial charge on any atom is 0.417 e. The van der Waals surface area contributed by atoms with Gasteiger partial charge in [-0.05, 0) is 49.2 Å². The van der Waals surface area contributed by atoms with Gasteiger partial charge in [0, 0.05) is 23.8 Å². The first kappa shape index (κ1) is 21.0. The molecule has 0 bridgehead atoms. The molecule has 1 amide bonds. The first-order valence-corrected chi connectivity index (χ1v) is 9.63. The minimum Gasteiger partial charge on any atom is -0.326 e. The van der Waals surface area contributed by atoms with Crippen LogP contribution in [0.25, 0.3) is 0 Å². The molecule has 1 aliphatic heterocycles. The summed E-state index contributed by atoms with van der Waals surface area (Å²) in [6, 6.07) is 10.9. The number of nitrogens with zero attached hydrogens (tertiary/aromatic N) is 1. The lowest BCUT2D eigenvalue weighted by atomic mass is 9.96. The van der Waals surface area contributed by atoms with Gasteiger partial charge < -0.3 is 5.32 Å². The molecule has 3 rings (SSSR count). The molecule has 1 fully saturated rings. The van der Waals surface area contributed by atoms with E-state index in [2.05, 4.69) is 10.2 Å². The van der Waals surface area contributed by atoms with Crippen molar-refractivity contribution in [2.45, 2.75) is 25.6 Å². The number of alkyl halides is 3. The van der Waals surface area contributed by atoms with Crippen molar-refractivity contribution in [3.63, 3.8) is 0 Å². The van der Waals surface area contributed by atoms with Crippen LogP contribution >= 0.6 is 23.2 Å². The highest BCUT2D eigenvalue weighted by molar-refractivity contribution is 6.31. The van der Waals surface area contributed by atoms with Crippen molar-refractivity contribution >= 4 is 34.8 Å². The molecule has 0 saturated carbocycles. The number of likely N-dealkylation sites (tertiary alicyclic amines) is 1. The third kappa shape index (κ3) is 5.19. The summed E-state index contributed by atoms with van der Waals surface area (Å²) in [5.74, 6) is -0.597. The molecule has 0 unspecified atom stereocenters. The molecule has 1 saturated heterocycles. The second-order valence-corrected chi connectivity index (χ2v) is 7.66. The van der Waals surface area contributed by atoms with Crippen LogP contribution in [0.15, 0.2) is 42.5 Å². The zero-order valence-corrected chi connectivity index (χ0v) is 16.4. The van der Waals surface area contributed by atoms with E-state index in [1.807, 2.05) is 24.3 Å². The quantitative estimate of drug-likeness (QED) is 0.658. The molecular formula is C20H19Cl2F3N2O. The number of halogens is 5. The lowest BCUT2D eigenvalue weighted by Crippen LogP contribution is -2.40. The molecule has 3 nitrogen and oxygen atoms in total. The second-order valence-electron chi connectivity index (χ2n) is 6.85. The minimum absolute atomic E-state index is 0.0879. The summed E-state index contributed by atoms with van der Waals surface area (Å²) < 4.78 is 39.0. The first-order valence-electron chi connectivity index (χ1n) is 8.87. The number of carbonyl (C=O) groups excluding carboxylic acids is 1. The Morgan fingerprint density at radius 3 is 2.61 bits per heavy atom. The van der Waals surface area contributed by atoms with Gasteiger partial charge in [0.25, 0.3) is 0 Å². The molecule has 2 aromatic rings. The third-order valence-electron chi connectivity index (χ3n) is 4.77. The molecule has 0 aromatic heterocycles. The van der Waals surface area contributed by atoms with Crippen molar-refractivity contribution < 1.29 is 18.0 Å². The topological polar surface area (TPSA) is 32.3 Å². The van der Waals surface area contributed by atoms with E-state index in [0.29, 0.717) is 24.5 Å². The summed E-state index contributed by atoms with van der Waals surface area (Å²) in [7, 11) is 0. The smallest absolute Gasteiger partial charge is 0.326 e. The number of anilines is 1. The molecule has 1 N–H and O–H groups in total. The molecule has 1 aliphatic rings. The van der Waals surface area contributed by atoms with Gasteiger partial charge in [-0.3, -0.25) is 9.69 Å². The fourth-order valence-electron chi connectivity index (χ4n) is 3.35. The van der Waals surface area contributed by atoms with Crippen molar-refractivity contribution in [2.24, 2.45) is 5.92 Å². The minimum atomic E-state index is -4.57. The monoisotopic (exact) mass is 430 g/mol. The number of rotatable bonds is 4. The average Bonchev–Trinajstić information content (AvgIpc) is 2.64. The van der Waals surface area contributed by atoms with Gasteiger partial charge in [-0.25, -0.2) is 0 Å². The Bertz CT molecular complexity index is 858. The normalized spacial score (nSPS) is 18.1. The van der Waals surface area contributed by atoms with Crippen molar-refractivity contribution in [1.82, 2.24) is 4.90 Å². The summed E-state index contributed by atoms with van der Waals surface area (Å²) >= 11 is 11.8. The number of hydrogen-bond acceptors (Lipinski definition) is 2. The summed E-state index contributed by atoms with van der Waals surface area (Å²) in [5, 5.41) is 2.88. The Morgan fingerprint density at radius 2 is 1.89 bits per heavy atom. The number of piperidine rings is 1. The van der Waals surface area contributed by atoms with Gasteiger partial charge in [0.1, 0.15) is 0 Å². The maximum atomic E-state index is 13.0. The van der Waals surface area contributed by atoms with E-state index in [0.717, 1.165) is 30.7 Å². The van der Waals surface area contributed by atoms with Crippen LogP contribution in [-0.2, 0) is 17.5 Å². The van der Waals surface area contributed by atoms with E-state index >= 15 is 0 Å². The number of amides is 1. The van der Waals surface area contributed by atoms with Crippen LogP contribution in [0.5, 0.6) is 0 Å². The van der Waals surface area contributed by atoms with Crippen LogP contribution in [0.4, 0.5) is 18.9 Å². The molecule has 0 spiro atoms. The maximum absolute atomic E-state index is 13.0. The van der Waals surface area contributed by atoms with Crippen LogP contribution in [0.2, 0.25) is 10.0 Å². The number of benzene rings is 2. The summed E-state index contributed by atoms with van der Waals surface area (Å²) in [6.45, 7) is 1.99. The molecule has 0 aliphatic carbocycles. The average molecular weight is 431 g/mol. The standard InChI is InChI=1S/C20H19Cl2F3N2O/c21-17-6-2-1-4-13(17)11-27-9-3-5-14(12-27)19(28)26-15-7-8-18(22)16(10-15)20(23,24)25/h1-2,4,6-8,10,14H,3,5,9,11-12H2,(H,26,28)/t14-/m0/s1. The van der Waals surface area contributed by atoms with Crippen LogP contribution in [0.1, 0.15) is 24.0 Å². The van der Waals surface area contributed by atoms with E-state index in [-0.39, 0.29) is 17.5 Å². The Balaban J connectivity index is 1.65. The van der Waals surface area contributed by atoms with Crippen LogP contribution in [-0.4, -0.2) is 23.9 Å². The molecule has 2 aromatic carbocycles. The highest BCUT2D eigenvalue weighted by Gasteiger charge is 2.34. The van der Waals surface area contributed by atoms with Gasteiger partial charge in [0.15, 0.2) is 0 Å². The van der Waals surface area contributed by atoms with Crippen molar-refractivity contribution in [1.29, 1.82) is 0 Å². The Kier molecular flexibility index (Phi) is 6.53. The van der Waals surface area contributed by atoms with Gasteiger partial charge >= 0.3 is 6.18 Å². The number of hydrogen-bond donors (Lipinski definition) is 1. The van der Waals surface area contributed by atoms with E-state index in [1.54, 1.807) is 0 Å². The molecule has 150 valence electrons. The molecule has 8 heteroatoms. The van der Waals surface area contributed by atoms with Gasteiger partial charge in [0.2, 0.25) is 5.91 Å². The largest absolute Gasteiger partial charge is 0.417 e. The SMILES string of the molecule is O=C(Nc1ccc(Cl)c(C(F)(F)F)c1)[C@H]1CCCN(Cc2ccccc2Cl)C1.